The van der Waals surface area contributed by atoms with Crippen LogP contribution in [0.2, 0.25) is 0 Å². The van der Waals surface area contributed by atoms with Gasteiger partial charge in [0, 0.05) is 19.3 Å². The van der Waals surface area contributed by atoms with Gasteiger partial charge in [0.05, 0.1) is 12.2 Å². The minimum atomic E-state index is -3.22. The molecule has 0 N–H and O–H groups in total. The largest absolute Gasteiger partial charge is 0.371 e. The van der Waals surface area contributed by atoms with Gasteiger partial charge in [0.1, 0.15) is 5.75 Å². The molecule has 2 aliphatic rings. The van der Waals surface area contributed by atoms with E-state index in [4.69, 9.17) is 4.74 Å². The Morgan fingerprint density at radius 2 is 1.87 bits per heavy atom. The lowest BCUT2D eigenvalue weighted by molar-refractivity contribution is -0.137. The van der Waals surface area contributed by atoms with Crippen LogP contribution in [0.1, 0.15) is 12.8 Å². The van der Waals surface area contributed by atoms with Crippen molar-refractivity contribution in [1.29, 1.82) is 0 Å². The molecule has 2 rings (SSSR count). The zero-order valence-corrected chi connectivity index (χ0v) is 9.50. The van der Waals surface area contributed by atoms with Crippen LogP contribution in [-0.4, -0.2) is 56.5 Å². The van der Waals surface area contributed by atoms with Crippen molar-refractivity contribution >= 4 is 15.7 Å². The van der Waals surface area contributed by atoms with E-state index in [-0.39, 0.29) is 23.9 Å². The van der Waals surface area contributed by atoms with Crippen molar-refractivity contribution in [3.63, 3.8) is 0 Å². The minimum absolute atomic E-state index is 0.118. The number of carbonyl (C=O) groups is 1. The number of carbonyl (C=O) groups excluding carboxylic acids is 1. The van der Waals surface area contributed by atoms with Gasteiger partial charge in [-0.3, -0.25) is 4.79 Å². The molecule has 2 heterocycles. The number of ether oxygens (including phenoxy) is 1. The number of sulfone groups is 1. The second-order valence-electron chi connectivity index (χ2n) is 4.33. The Morgan fingerprint density at radius 3 is 2.33 bits per heavy atom. The fourth-order valence-corrected chi connectivity index (χ4v) is 2.77. The fourth-order valence-electron chi connectivity index (χ4n) is 2.13. The van der Waals surface area contributed by atoms with Crippen molar-refractivity contribution in [2.75, 3.05) is 25.1 Å². The second kappa shape index (κ2) is 3.75. The number of nitrogens with zero attached hydrogens (tertiary/aromatic N) is 1. The van der Waals surface area contributed by atoms with Crippen molar-refractivity contribution in [3.8, 4) is 0 Å². The lowest BCUT2D eigenvalue weighted by Crippen LogP contribution is -2.47. The highest BCUT2D eigenvalue weighted by Crippen LogP contribution is 2.26. The molecule has 0 radical (unpaired) electrons. The van der Waals surface area contributed by atoms with Gasteiger partial charge in [-0.05, 0) is 12.8 Å². The van der Waals surface area contributed by atoms with Crippen LogP contribution in [0.3, 0.4) is 0 Å². The molecule has 2 saturated heterocycles. The van der Waals surface area contributed by atoms with E-state index >= 15 is 0 Å². The van der Waals surface area contributed by atoms with Crippen LogP contribution in [-0.2, 0) is 19.4 Å². The van der Waals surface area contributed by atoms with Crippen molar-refractivity contribution in [1.82, 2.24) is 4.90 Å². The topological polar surface area (TPSA) is 63.7 Å². The van der Waals surface area contributed by atoms with Gasteiger partial charge < -0.3 is 9.64 Å². The van der Waals surface area contributed by atoms with Crippen LogP contribution >= 0.6 is 0 Å². The molecule has 2 aliphatic heterocycles. The van der Waals surface area contributed by atoms with Gasteiger partial charge in [0.15, 0.2) is 9.84 Å². The summed E-state index contributed by atoms with van der Waals surface area (Å²) in [4.78, 5) is 13.2. The van der Waals surface area contributed by atoms with Gasteiger partial charge in [0.25, 0.3) is 0 Å². The Morgan fingerprint density at radius 1 is 1.33 bits per heavy atom. The molecule has 2 atom stereocenters. The monoisotopic (exact) mass is 233 g/mol. The summed E-state index contributed by atoms with van der Waals surface area (Å²) in [5.74, 6) is -0.676. The summed E-state index contributed by atoms with van der Waals surface area (Å²) < 4.78 is 27.5. The van der Waals surface area contributed by atoms with Gasteiger partial charge in [-0.15, -0.1) is 0 Å². The zero-order valence-electron chi connectivity index (χ0n) is 8.68. The van der Waals surface area contributed by atoms with Crippen molar-refractivity contribution in [3.05, 3.63) is 0 Å². The molecule has 5 nitrogen and oxygen atoms in total. The maximum atomic E-state index is 11.6. The normalized spacial score (nSPS) is 30.6. The second-order valence-corrected chi connectivity index (χ2v) is 6.47. The van der Waals surface area contributed by atoms with E-state index in [9.17, 15) is 13.2 Å². The van der Waals surface area contributed by atoms with Crippen molar-refractivity contribution < 1.29 is 17.9 Å². The van der Waals surface area contributed by atoms with Crippen LogP contribution in [0.5, 0.6) is 0 Å². The summed E-state index contributed by atoms with van der Waals surface area (Å²) in [7, 11) is -3.22. The Bertz CT molecular complexity index is 352. The molecular weight excluding hydrogens is 218 g/mol. The van der Waals surface area contributed by atoms with Gasteiger partial charge >= 0.3 is 0 Å². The number of fused-ring (bicyclic) bond motifs is 2. The molecule has 2 unspecified atom stereocenters. The molecule has 15 heavy (non-hydrogen) atoms. The lowest BCUT2D eigenvalue weighted by Gasteiger charge is -2.31. The lowest BCUT2D eigenvalue weighted by atomic mass is 10.2. The molecule has 6 heteroatoms. The molecule has 2 bridgehead atoms. The molecule has 1 amide bonds. The van der Waals surface area contributed by atoms with Gasteiger partial charge in [-0.1, -0.05) is 0 Å². The zero-order chi connectivity index (χ0) is 11.1. The number of rotatable bonds is 2. The third kappa shape index (κ3) is 2.69. The third-order valence-corrected chi connectivity index (χ3v) is 3.55. The summed E-state index contributed by atoms with van der Waals surface area (Å²) in [6, 6.07) is 0. The van der Waals surface area contributed by atoms with E-state index in [1.54, 1.807) is 4.90 Å². The highest BCUT2D eigenvalue weighted by molar-refractivity contribution is 7.91. The van der Waals surface area contributed by atoms with Gasteiger partial charge in [-0.2, -0.15) is 0 Å². The Balaban J connectivity index is 1.97. The van der Waals surface area contributed by atoms with E-state index < -0.39 is 9.84 Å². The third-order valence-electron chi connectivity index (χ3n) is 2.78. The predicted octanol–water partition coefficient (Wildman–Crippen LogP) is -0.579. The van der Waals surface area contributed by atoms with Gasteiger partial charge in [-0.25, -0.2) is 8.42 Å². The molecule has 0 aromatic rings. The van der Waals surface area contributed by atoms with E-state index in [0.717, 1.165) is 19.1 Å². The smallest absolute Gasteiger partial charge is 0.237 e. The maximum Gasteiger partial charge on any atom is 0.237 e. The van der Waals surface area contributed by atoms with E-state index in [2.05, 4.69) is 0 Å². The molecule has 2 fully saturated rings. The van der Waals surface area contributed by atoms with Crippen LogP contribution < -0.4 is 0 Å². The van der Waals surface area contributed by atoms with E-state index in [1.807, 2.05) is 0 Å². The summed E-state index contributed by atoms with van der Waals surface area (Å²) >= 11 is 0. The number of amides is 1. The minimum Gasteiger partial charge on any atom is -0.371 e. The fraction of sp³-hybridized carbons (Fsp3) is 0.889. The highest BCUT2D eigenvalue weighted by atomic mass is 32.2. The van der Waals surface area contributed by atoms with Crippen molar-refractivity contribution in [2.24, 2.45) is 0 Å². The first-order valence-corrected chi connectivity index (χ1v) is 7.11. The van der Waals surface area contributed by atoms with Crippen LogP contribution in [0.4, 0.5) is 0 Å². The summed E-state index contributed by atoms with van der Waals surface area (Å²) in [5.41, 5.74) is 0. The number of hydrogen-bond acceptors (Lipinski definition) is 4. The average Bonchev–Trinajstić information content (AvgIpc) is 2.42. The Hall–Kier alpha value is -0.620. The molecule has 86 valence electrons. The molecule has 0 spiro atoms. The molecule has 0 saturated carbocycles. The highest BCUT2D eigenvalue weighted by Gasteiger charge is 2.36. The quantitative estimate of drug-likeness (QED) is 0.640. The standard InChI is InChI=1S/C9H15NO4S/c1-15(12,13)6-9(11)10-4-7-2-3-8(5-10)14-7/h7-8H,2-6H2,1H3. The first kappa shape index (κ1) is 10.9. The summed E-state index contributed by atoms with van der Waals surface area (Å²) in [6.45, 7) is 1.09. The Kier molecular flexibility index (Phi) is 2.72. The first-order chi connectivity index (χ1) is 6.94. The SMILES string of the molecule is CS(=O)(=O)CC(=O)N1CC2CCC(C1)O2. The van der Waals surface area contributed by atoms with Crippen molar-refractivity contribution in [2.45, 2.75) is 25.0 Å². The number of hydrogen-bond donors (Lipinski definition) is 0. The predicted molar refractivity (Wildman–Crippen MR) is 54.2 cm³/mol. The molecule has 0 aromatic carbocycles. The maximum absolute atomic E-state index is 11.6. The summed E-state index contributed by atoms with van der Waals surface area (Å²) in [6.07, 6.45) is 3.28. The van der Waals surface area contributed by atoms with Crippen LogP contribution in [0, 0.1) is 0 Å². The van der Waals surface area contributed by atoms with E-state index in [0.29, 0.717) is 13.1 Å². The molecular formula is C9H15NO4S. The first-order valence-electron chi connectivity index (χ1n) is 5.05. The van der Waals surface area contributed by atoms with Gasteiger partial charge in [0.2, 0.25) is 5.91 Å². The molecule has 0 aliphatic carbocycles. The Labute approximate surface area is 89.3 Å². The summed E-state index contributed by atoms with van der Waals surface area (Å²) in [5, 5.41) is 0. The number of likely N-dealkylation sites (tertiary alicyclic amines) is 1. The van der Waals surface area contributed by atoms with Crippen LogP contribution in [0.15, 0.2) is 0 Å². The molecule has 0 aromatic heterocycles. The average molecular weight is 233 g/mol. The van der Waals surface area contributed by atoms with Crippen LogP contribution in [0.25, 0.3) is 0 Å². The number of morpholine rings is 1. The van der Waals surface area contributed by atoms with E-state index in [1.165, 1.54) is 0 Å².